The van der Waals surface area contributed by atoms with E-state index in [0.717, 1.165) is 38.9 Å². The van der Waals surface area contributed by atoms with Crippen LogP contribution in [0, 0.1) is 13.8 Å². The Hall–Kier alpha value is -3.60. The van der Waals surface area contributed by atoms with Gasteiger partial charge in [-0.2, -0.15) is 0 Å². The fourth-order valence-corrected chi connectivity index (χ4v) is 4.15. The van der Waals surface area contributed by atoms with Crippen LogP contribution in [0.25, 0.3) is 11.1 Å². The van der Waals surface area contributed by atoms with Gasteiger partial charge in [0.25, 0.3) is 0 Å². The van der Waals surface area contributed by atoms with Gasteiger partial charge in [-0.25, -0.2) is 9.59 Å². The standard InChI is InChI=1S/C26H25NO4/c1-16-11-12-18(13-17(16)2)14-24(25(28)29)27-26(30)31-15-23-21-9-5-3-7-19(21)20-8-4-6-10-22(20)23/h3-13,23-24H,14-15H2,1-2H3,(H,27,30)(H,28,29)/t24-/m0/s1. The van der Waals surface area contributed by atoms with Crippen LogP contribution in [0.5, 0.6) is 0 Å². The highest BCUT2D eigenvalue weighted by Crippen LogP contribution is 2.44. The van der Waals surface area contributed by atoms with Crippen molar-refractivity contribution in [2.24, 2.45) is 0 Å². The quantitative estimate of drug-likeness (QED) is 0.604. The van der Waals surface area contributed by atoms with E-state index in [1.807, 2.05) is 68.4 Å². The summed E-state index contributed by atoms with van der Waals surface area (Å²) in [6.07, 6.45) is -0.529. The number of alkyl carbamates (subject to hydrolysis) is 1. The van der Waals surface area contributed by atoms with Crippen molar-refractivity contribution in [2.75, 3.05) is 6.61 Å². The monoisotopic (exact) mass is 415 g/mol. The number of rotatable bonds is 6. The van der Waals surface area contributed by atoms with E-state index in [1.165, 1.54) is 0 Å². The molecule has 0 bridgehead atoms. The molecular weight excluding hydrogens is 390 g/mol. The van der Waals surface area contributed by atoms with Crippen LogP contribution in [-0.4, -0.2) is 29.8 Å². The molecule has 0 aliphatic heterocycles. The summed E-state index contributed by atoms with van der Waals surface area (Å²) in [7, 11) is 0. The van der Waals surface area contributed by atoms with E-state index in [-0.39, 0.29) is 18.9 Å². The van der Waals surface area contributed by atoms with Gasteiger partial charge in [0.1, 0.15) is 12.6 Å². The first-order valence-electron chi connectivity index (χ1n) is 10.3. The van der Waals surface area contributed by atoms with Crippen molar-refractivity contribution in [2.45, 2.75) is 32.2 Å². The molecule has 1 aliphatic rings. The van der Waals surface area contributed by atoms with E-state index in [1.54, 1.807) is 0 Å². The van der Waals surface area contributed by atoms with Gasteiger partial charge >= 0.3 is 12.1 Å². The summed E-state index contributed by atoms with van der Waals surface area (Å²) in [5.74, 6) is -1.16. The molecule has 1 aliphatic carbocycles. The van der Waals surface area contributed by atoms with Crippen molar-refractivity contribution >= 4 is 12.1 Å². The molecule has 5 heteroatoms. The zero-order valence-corrected chi connectivity index (χ0v) is 17.6. The predicted octanol–water partition coefficient (Wildman–Crippen LogP) is 4.84. The number of nitrogens with one attached hydrogen (secondary N) is 1. The number of carboxylic acids is 1. The lowest BCUT2D eigenvalue weighted by Gasteiger charge is -2.18. The highest BCUT2D eigenvalue weighted by molar-refractivity contribution is 5.81. The third kappa shape index (κ3) is 4.31. The first-order valence-corrected chi connectivity index (χ1v) is 10.3. The predicted molar refractivity (Wildman–Crippen MR) is 119 cm³/mol. The zero-order valence-electron chi connectivity index (χ0n) is 17.6. The number of benzene rings is 3. The van der Waals surface area contributed by atoms with Gasteiger partial charge in [0.05, 0.1) is 0 Å². The summed E-state index contributed by atoms with van der Waals surface area (Å²) in [5.41, 5.74) is 7.59. The van der Waals surface area contributed by atoms with Gasteiger partial charge in [-0.05, 0) is 52.8 Å². The van der Waals surface area contributed by atoms with Crippen LogP contribution in [-0.2, 0) is 16.0 Å². The fourth-order valence-electron chi connectivity index (χ4n) is 4.15. The molecule has 1 atom stereocenters. The molecule has 0 spiro atoms. The first kappa shape index (κ1) is 20.7. The summed E-state index contributed by atoms with van der Waals surface area (Å²) >= 11 is 0. The van der Waals surface area contributed by atoms with Gasteiger partial charge in [0.2, 0.25) is 0 Å². The molecule has 158 valence electrons. The Morgan fingerprint density at radius 1 is 0.935 bits per heavy atom. The topological polar surface area (TPSA) is 75.6 Å². The maximum Gasteiger partial charge on any atom is 0.407 e. The van der Waals surface area contributed by atoms with Crippen LogP contribution >= 0.6 is 0 Å². The lowest BCUT2D eigenvalue weighted by atomic mass is 9.98. The third-order valence-electron chi connectivity index (χ3n) is 5.95. The number of fused-ring (bicyclic) bond motifs is 3. The minimum Gasteiger partial charge on any atom is -0.480 e. The lowest BCUT2D eigenvalue weighted by Crippen LogP contribution is -2.42. The van der Waals surface area contributed by atoms with Gasteiger partial charge in [-0.15, -0.1) is 0 Å². The van der Waals surface area contributed by atoms with Crippen LogP contribution < -0.4 is 5.32 Å². The summed E-state index contributed by atoms with van der Waals surface area (Å²) < 4.78 is 5.49. The molecule has 0 aromatic heterocycles. The van der Waals surface area contributed by atoms with E-state index >= 15 is 0 Å². The number of aliphatic carboxylic acids is 1. The molecule has 1 amide bonds. The number of carbonyl (C=O) groups excluding carboxylic acids is 1. The SMILES string of the molecule is Cc1ccc(C[C@H](NC(=O)OCC2c3ccccc3-c3ccccc32)C(=O)O)cc1C. The smallest absolute Gasteiger partial charge is 0.407 e. The minimum absolute atomic E-state index is 0.0684. The highest BCUT2D eigenvalue weighted by atomic mass is 16.5. The van der Waals surface area contributed by atoms with E-state index in [0.29, 0.717) is 0 Å². The second-order valence-corrected chi connectivity index (χ2v) is 7.98. The van der Waals surface area contributed by atoms with E-state index in [2.05, 4.69) is 17.4 Å². The molecule has 5 nitrogen and oxygen atoms in total. The number of carboxylic acid groups (broad SMARTS) is 1. The van der Waals surface area contributed by atoms with Crippen LogP contribution in [0.3, 0.4) is 0 Å². The molecule has 31 heavy (non-hydrogen) atoms. The molecule has 0 fully saturated rings. The van der Waals surface area contributed by atoms with Crippen molar-refractivity contribution in [1.82, 2.24) is 5.32 Å². The largest absolute Gasteiger partial charge is 0.480 e. The van der Waals surface area contributed by atoms with Crippen LogP contribution in [0.4, 0.5) is 4.79 Å². The van der Waals surface area contributed by atoms with Crippen molar-refractivity contribution in [3.63, 3.8) is 0 Å². The van der Waals surface area contributed by atoms with Crippen molar-refractivity contribution in [1.29, 1.82) is 0 Å². The maximum atomic E-state index is 12.5. The third-order valence-corrected chi connectivity index (χ3v) is 5.95. The zero-order chi connectivity index (χ0) is 22.0. The van der Waals surface area contributed by atoms with Gasteiger partial charge in [-0.3, -0.25) is 0 Å². The Morgan fingerprint density at radius 2 is 1.55 bits per heavy atom. The number of hydrogen-bond acceptors (Lipinski definition) is 3. The molecule has 0 saturated heterocycles. The molecule has 0 radical (unpaired) electrons. The highest BCUT2D eigenvalue weighted by Gasteiger charge is 2.29. The molecule has 0 unspecified atom stereocenters. The minimum atomic E-state index is -1.09. The molecule has 3 aromatic carbocycles. The maximum absolute atomic E-state index is 12.5. The summed E-state index contributed by atoms with van der Waals surface area (Å²) in [4.78, 5) is 24.2. The molecule has 2 N–H and O–H groups in total. The number of amides is 1. The van der Waals surface area contributed by atoms with E-state index in [4.69, 9.17) is 4.74 Å². The first-order chi connectivity index (χ1) is 14.9. The van der Waals surface area contributed by atoms with Crippen LogP contribution in [0.1, 0.15) is 33.7 Å². The Labute approximate surface area is 181 Å². The van der Waals surface area contributed by atoms with Crippen LogP contribution in [0.15, 0.2) is 66.7 Å². The van der Waals surface area contributed by atoms with E-state index in [9.17, 15) is 14.7 Å². The van der Waals surface area contributed by atoms with Gasteiger partial charge in [0.15, 0.2) is 0 Å². The molecular formula is C26H25NO4. The normalized spacial score (nSPS) is 13.2. The Morgan fingerprint density at radius 3 is 2.13 bits per heavy atom. The van der Waals surface area contributed by atoms with Crippen LogP contribution in [0.2, 0.25) is 0 Å². The van der Waals surface area contributed by atoms with Crippen molar-refractivity contribution in [3.05, 3.63) is 94.5 Å². The Kier molecular flexibility index (Phi) is 5.76. The summed E-state index contributed by atoms with van der Waals surface area (Å²) in [6, 6.07) is 20.9. The molecule has 0 saturated carbocycles. The van der Waals surface area contributed by atoms with E-state index < -0.39 is 18.1 Å². The van der Waals surface area contributed by atoms with Gasteiger partial charge in [-0.1, -0.05) is 66.7 Å². The van der Waals surface area contributed by atoms with Crippen molar-refractivity contribution in [3.8, 4) is 11.1 Å². The average Bonchev–Trinajstić information content (AvgIpc) is 3.08. The van der Waals surface area contributed by atoms with Gasteiger partial charge in [0, 0.05) is 12.3 Å². The second-order valence-electron chi connectivity index (χ2n) is 7.98. The Balaban J connectivity index is 1.43. The molecule has 3 aromatic rings. The Bertz CT molecular complexity index is 1090. The number of carbonyl (C=O) groups is 2. The lowest BCUT2D eigenvalue weighted by molar-refractivity contribution is -0.139. The average molecular weight is 415 g/mol. The summed E-state index contributed by atoms with van der Waals surface area (Å²) in [5, 5.41) is 12.1. The molecule has 4 rings (SSSR count). The number of ether oxygens (including phenoxy) is 1. The number of aryl methyl sites for hydroxylation is 2. The summed E-state index contributed by atoms with van der Waals surface area (Å²) in [6.45, 7) is 4.13. The van der Waals surface area contributed by atoms with Crippen molar-refractivity contribution < 1.29 is 19.4 Å². The number of hydrogen-bond donors (Lipinski definition) is 2. The van der Waals surface area contributed by atoms with Gasteiger partial charge < -0.3 is 15.2 Å². The second kappa shape index (κ2) is 8.64. The fraction of sp³-hybridized carbons (Fsp3) is 0.231. The molecule has 0 heterocycles.